The van der Waals surface area contributed by atoms with Crippen molar-refractivity contribution in [3.05, 3.63) is 78.1 Å². The topological polar surface area (TPSA) is 116 Å². The number of nitrogens with one attached hydrogen (secondary N) is 1. The lowest BCUT2D eigenvalue weighted by Gasteiger charge is -2.15. The van der Waals surface area contributed by atoms with Crippen LogP contribution < -0.4 is 5.32 Å². The van der Waals surface area contributed by atoms with E-state index in [-0.39, 0.29) is 6.42 Å². The molecule has 1 heterocycles. The van der Waals surface area contributed by atoms with Crippen molar-refractivity contribution >= 4 is 17.8 Å². The maximum atomic E-state index is 12.5. The van der Waals surface area contributed by atoms with E-state index in [2.05, 4.69) is 20.8 Å². The standard InChI is InChI=1S/C19H17N5O4/c25-17(21-18(26)15-9-5-2-6-10-15)12-28-19(27)16(24-13-20-22-23-24)11-14-7-3-1-4-8-14/h1-10,13,16H,11-12H2,(H,21,25,26)/t16-/m0/s1. The van der Waals surface area contributed by atoms with Gasteiger partial charge >= 0.3 is 5.97 Å². The Morgan fingerprint density at radius 1 is 1.00 bits per heavy atom. The molecular weight excluding hydrogens is 362 g/mol. The molecule has 0 fully saturated rings. The van der Waals surface area contributed by atoms with Crippen LogP contribution in [-0.2, 0) is 20.7 Å². The Morgan fingerprint density at radius 2 is 1.68 bits per heavy atom. The summed E-state index contributed by atoms with van der Waals surface area (Å²) in [5, 5.41) is 13.0. The van der Waals surface area contributed by atoms with Gasteiger partial charge in [-0.1, -0.05) is 48.5 Å². The first kappa shape index (κ1) is 18.9. The van der Waals surface area contributed by atoms with Crippen LogP contribution in [0.5, 0.6) is 0 Å². The first-order valence-corrected chi connectivity index (χ1v) is 8.46. The van der Waals surface area contributed by atoms with Crippen LogP contribution in [0.4, 0.5) is 0 Å². The highest BCUT2D eigenvalue weighted by molar-refractivity contribution is 6.05. The SMILES string of the molecule is O=C(COC(=O)[C@H](Cc1ccccc1)n1cnnn1)NC(=O)c1ccccc1. The van der Waals surface area contributed by atoms with Gasteiger partial charge in [0.05, 0.1) is 0 Å². The van der Waals surface area contributed by atoms with Crippen molar-refractivity contribution in [3.8, 4) is 0 Å². The van der Waals surface area contributed by atoms with Crippen LogP contribution in [-0.4, -0.2) is 44.6 Å². The molecule has 0 unspecified atom stereocenters. The molecule has 0 saturated carbocycles. The van der Waals surface area contributed by atoms with Crippen molar-refractivity contribution in [3.63, 3.8) is 0 Å². The molecule has 0 aliphatic carbocycles. The lowest BCUT2D eigenvalue weighted by atomic mass is 10.1. The molecular formula is C19H17N5O4. The lowest BCUT2D eigenvalue weighted by Crippen LogP contribution is -2.35. The summed E-state index contributed by atoms with van der Waals surface area (Å²) in [6, 6.07) is 16.7. The summed E-state index contributed by atoms with van der Waals surface area (Å²) >= 11 is 0. The van der Waals surface area contributed by atoms with Crippen LogP contribution in [0.3, 0.4) is 0 Å². The lowest BCUT2D eigenvalue weighted by molar-refractivity contribution is -0.152. The minimum Gasteiger partial charge on any atom is -0.454 e. The summed E-state index contributed by atoms with van der Waals surface area (Å²) in [5.74, 6) is -1.97. The summed E-state index contributed by atoms with van der Waals surface area (Å²) < 4.78 is 6.35. The normalized spacial score (nSPS) is 11.4. The maximum absolute atomic E-state index is 12.5. The molecule has 0 aliphatic rings. The van der Waals surface area contributed by atoms with E-state index in [1.54, 1.807) is 30.3 Å². The average Bonchev–Trinajstić information content (AvgIpc) is 3.26. The number of carbonyl (C=O) groups excluding carboxylic acids is 3. The van der Waals surface area contributed by atoms with Gasteiger partial charge in [-0.15, -0.1) is 5.10 Å². The second kappa shape index (κ2) is 9.17. The Labute approximate surface area is 160 Å². The van der Waals surface area contributed by atoms with Crippen LogP contribution in [0.25, 0.3) is 0 Å². The number of tetrazole rings is 1. The number of imide groups is 1. The highest BCUT2D eigenvalue weighted by Gasteiger charge is 2.25. The van der Waals surface area contributed by atoms with Crippen LogP contribution in [0, 0.1) is 0 Å². The summed E-state index contributed by atoms with van der Waals surface area (Å²) in [4.78, 5) is 36.4. The number of rotatable bonds is 7. The summed E-state index contributed by atoms with van der Waals surface area (Å²) in [6.07, 6.45) is 1.59. The molecule has 142 valence electrons. The van der Waals surface area contributed by atoms with Crippen molar-refractivity contribution in [2.24, 2.45) is 0 Å². The third-order valence-corrected chi connectivity index (χ3v) is 3.86. The highest BCUT2D eigenvalue weighted by Crippen LogP contribution is 2.14. The van der Waals surface area contributed by atoms with E-state index in [0.717, 1.165) is 5.56 Å². The van der Waals surface area contributed by atoms with E-state index >= 15 is 0 Å². The van der Waals surface area contributed by atoms with Gasteiger partial charge < -0.3 is 4.74 Å². The minimum absolute atomic E-state index is 0.287. The van der Waals surface area contributed by atoms with Gasteiger partial charge in [-0.05, 0) is 28.1 Å². The predicted molar refractivity (Wildman–Crippen MR) is 96.9 cm³/mol. The number of hydrogen-bond donors (Lipinski definition) is 1. The van der Waals surface area contributed by atoms with Gasteiger partial charge in [0.15, 0.2) is 12.6 Å². The largest absolute Gasteiger partial charge is 0.454 e. The molecule has 1 aromatic heterocycles. The van der Waals surface area contributed by atoms with Crippen LogP contribution in [0.2, 0.25) is 0 Å². The Morgan fingerprint density at radius 3 is 2.32 bits per heavy atom. The molecule has 0 spiro atoms. The molecule has 0 aliphatic heterocycles. The molecule has 0 radical (unpaired) electrons. The molecule has 9 nitrogen and oxygen atoms in total. The quantitative estimate of drug-likeness (QED) is 0.608. The predicted octanol–water partition coefficient (Wildman–Crippen LogP) is 0.957. The smallest absolute Gasteiger partial charge is 0.331 e. The van der Waals surface area contributed by atoms with Gasteiger partial charge in [0, 0.05) is 12.0 Å². The zero-order valence-electron chi connectivity index (χ0n) is 14.8. The molecule has 9 heteroatoms. The van der Waals surface area contributed by atoms with Gasteiger partial charge in [-0.3, -0.25) is 14.9 Å². The first-order valence-electron chi connectivity index (χ1n) is 8.46. The van der Waals surface area contributed by atoms with Crippen molar-refractivity contribution in [1.82, 2.24) is 25.5 Å². The van der Waals surface area contributed by atoms with Crippen molar-refractivity contribution in [2.75, 3.05) is 6.61 Å². The van der Waals surface area contributed by atoms with E-state index < -0.39 is 30.4 Å². The van der Waals surface area contributed by atoms with Gasteiger partial charge in [-0.2, -0.15) is 0 Å². The van der Waals surface area contributed by atoms with E-state index in [1.165, 1.54) is 11.0 Å². The minimum atomic E-state index is -0.838. The summed E-state index contributed by atoms with van der Waals surface area (Å²) in [5.41, 5.74) is 1.21. The Hall–Kier alpha value is -3.88. The van der Waals surface area contributed by atoms with Crippen molar-refractivity contribution in [1.29, 1.82) is 0 Å². The van der Waals surface area contributed by atoms with E-state index in [4.69, 9.17) is 4.74 Å². The Balaban J connectivity index is 1.59. The fourth-order valence-corrected chi connectivity index (χ4v) is 2.49. The first-order chi connectivity index (χ1) is 13.6. The fourth-order valence-electron chi connectivity index (χ4n) is 2.49. The third-order valence-electron chi connectivity index (χ3n) is 3.86. The molecule has 0 bridgehead atoms. The van der Waals surface area contributed by atoms with Gasteiger partial charge in [0.1, 0.15) is 6.33 Å². The van der Waals surface area contributed by atoms with E-state index in [9.17, 15) is 14.4 Å². The van der Waals surface area contributed by atoms with Crippen molar-refractivity contribution < 1.29 is 19.1 Å². The Bertz CT molecular complexity index is 929. The second-order valence-electron chi connectivity index (χ2n) is 5.85. The number of nitrogens with zero attached hydrogens (tertiary/aromatic N) is 4. The maximum Gasteiger partial charge on any atom is 0.331 e. The number of aromatic nitrogens is 4. The van der Waals surface area contributed by atoms with Crippen LogP contribution in [0.1, 0.15) is 22.0 Å². The number of esters is 1. The van der Waals surface area contributed by atoms with E-state index in [1.807, 2.05) is 30.3 Å². The monoisotopic (exact) mass is 379 g/mol. The summed E-state index contributed by atoms with van der Waals surface area (Å²) in [7, 11) is 0. The number of ether oxygens (including phenoxy) is 1. The second-order valence-corrected chi connectivity index (χ2v) is 5.85. The third kappa shape index (κ3) is 5.07. The van der Waals surface area contributed by atoms with Crippen LogP contribution >= 0.6 is 0 Å². The zero-order chi connectivity index (χ0) is 19.8. The fraction of sp³-hybridized carbons (Fsp3) is 0.158. The summed E-state index contributed by atoms with van der Waals surface area (Å²) in [6.45, 7) is -0.592. The van der Waals surface area contributed by atoms with Crippen LogP contribution in [0.15, 0.2) is 67.0 Å². The van der Waals surface area contributed by atoms with Crippen molar-refractivity contribution in [2.45, 2.75) is 12.5 Å². The van der Waals surface area contributed by atoms with Gasteiger partial charge in [0.2, 0.25) is 0 Å². The average molecular weight is 379 g/mol. The number of amides is 2. The number of carbonyl (C=O) groups is 3. The van der Waals surface area contributed by atoms with E-state index in [0.29, 0.717) is 5.56 Å². The Kier molecular flexibility index (Phi) is 6.19. The molecule has 28 heavy (non-hydrogen) atoms. The molecule has 3 rings (SSSR count). The molecule has 2 aromatic carbocycles. The van der Waals surface area contributed by atoms with Gasteiger partial charge in [-0.25, -0.2) is 9.48 Å². The number of hydrogen-bond acceptors (Lipinski definition) is 7. The molecule has 1 N–H and O–H groups in total. The zero-order valence-corrected chi connectivity index (χ0v) is 14.8. The number of benzene rings is 2. The van der Waals surface area contributed by atoms with Gasteiger partial charge in [0.25, 0.3) is 11.8 Å². The molecule has 2 amide bonds. The molecule has 1 atom stereocenters. The molecule has 0 saturated heterocycles. The highest BCUT2D eigenvalue weighted by atomic mass is 16.5. The molecule has 3 aromatic rings.